The number of hydrogen-bond donors (Lipinski definition) is 1. The molecule has 0 spiro atoms. The van der Waals surface area contributed by atoms with Crippen LogP contribution in [0.2, 0.25) is 0 Å². The molecule has 62 valence electrons. The van der Waals surface area contributed by atoms with Crippen molar-refractivity contribution >= 4 is 0 Å². The molecule has 2 heterocycles. The van der Waals surface area contributed by atoms with Gasteiger partial charge in [0.2, 0.25) is 0 Å². The predicted octanol–water partition coefficient (Wildman–Crippen LogP) is 1.04. The highest BCUT2D eigenvalue weighted by atomic mass is 16.5. The van der Waals surface area contributed by atoms with Gasteiger partial charge in [-0.25, -0.2) is 0 Å². The van der Waals surface area contributed by atoms with Crippen molar-refractivity contribution in [2.24, 2.45) is 5.73 Å². The molecule has 0 aromatic rings. The predicted molar refractivity (Wildman–Crippen MR) is 46.4 cm³/mol. The molecule has 0 bridgehead atoms. The zero-order valence-electron chi connectivity index (χ0n) is 6.60. The van der Waals surface area contributed by atoms with E-state index >= 15 is 0 Å². The van der Waals surface area contributed by atoms with Gasteiger partial charge in [0.25, 0.3) is 0 Å². The van der Waals surface area contributed by atoms with E-state index in [4.69, 9.17) is 10.5 Å². The van der Waals surface area contributed by atoms with Crippen molar-refractivity contribution in [3.8, 4) is 0 Å². The standard InChI is InChI=1S/C9H10N2O/c10-8-7-12-6-5-11-4-2-1-3-9(8)11/h1-6H,7,10H2. The minimum Gasteiger partial charge on any atom is -0.493 e. The molecule has 2 N–H and O–H groups in total. The number of ether oxygens (including phenoxy) is 1. The lowest BCUT2D eigenvalue weighted by Gasteiger charge is -2.18. The van der Waals surface area contributed by atoms with Crippen molar-refractivity contribution in [2.75, 3.05) is 6.61 Å². The van der Waals surface area contributed by atoms with Gasteiger partial charge < -0.3 is 15.4 Å². The van der Waals surface area contributed by atoms with Crippen molar-refractivity contribution in [1.82, 2.24) is 4.90 Å². The topological polar surface area (TPSA) is 38.5 Å². The lowest BCUT2D eigenvalue weighted by Crippen LogP contribution is -2.15. The average Bonchev–Trinajstić information content (AvgIpc) is 2.29. The fourth-order valence-corrected chi connectivity index (χ4v) is 1.18. The van der Waals surface area contributed by atoms with E-state index in [0.29, 0.717) is 6.61 Å². The van der Waals surface area contributed by atoms with E-state index in [0.717, 1.165) is 11.4 Å². The van der Waals surface area contributed by atoms with Crippen LogP contribution in [0.15, 0.2) is 48.3 Å². The maximum atomic E-state index is 5.78. The summed E-state index contributed by atoms with van der Waals surface area (Å²) in [5.74, 6) is 0. The van der Waals surface area contributed by atoms with Crippen molar-refractivity contribution in [1.29, 1.82) is 0 Å². The Hall–Kier alpha value is -1.64. The van der Waals surface area contributed by atoms with Crippen LogP contribution in [0.25, 0.3) is 0 Å². The quantitative estimate of drug-likeness (QED) is 0.578. The van der Waals surface area contributed by atoms with Gasteiger partial charge in [-0.1, -0.05) is 6.08 Å². The second-order valence-electron chi connectivity index (χ2n) is 2.61. The molecule has 0 aromatic heterocycles. The van der Waals surface area contributed by atoms with Gasteiger partial charge >= 0.3 is 0 Å². The highest BCUT2D eigenvalue weighted by molar-refractivity contribution is 5.33. The van der Waals surface area contributed by atoms with Crippen LogP contribution in [0.1, 0.15) is 0 Å². The zero-order chi connectivity index (χ0) is 8.39. The minimum absolute atomic E-state index is 0.459. The Labute approximate surface area is 71.1 Å². The van der Waals surface area contributed by atoms with E-state index in [2.05, 4.69) is 0 Å². The Kier molecular flexibility index (Phi) is 1.63. The number of fused-ring (bicyclic) bond motifs is 1. The molecule has 2 rings (SSSR count). The van der Waals surface area contributed by atoms with Gasteiger partial charge in [0, 0.05) is 12.4 Å². The van der Waals surface area contributed by atoms with Gasteiger partial charge in [0.05, 0.1) is 11.4 Å². The fourth-order valence-electron chi connectivity index (χ4n) is 1.18. The normalized spacial score (nSPS) is 20.5. The van der Waals surface area contributed by atoms with Crippen LogP contribution in [0, 0.1) is 0 Å². The van der Waals surface area contributed by atoms with Crippen molar-refractivity contribution < 1.29 is 4.74 Å². The molecule has 12 heavy (non-hydrogen) atoms. The molecule has 0 radical (unpaired) electrons. The van der Waals surface area contributed by atoms with Crippen molar-refractivity contribution in [3.05, 3.63) is 48.3 Å². The van der Waals surface area contributed by atoms with Crippen LogP contribution in [0.3, 0.4) is 0 Å². The zero-order valence-corrected chi connectivity index (χ0v) is 6.60. The van der Waals surface area contributed by atoms with Gasteiger partial charge in [0.15, 0.2) is 0 Å². The molecule has 0 atom stereocenters. The van der Waals surface area contributed by atoms with Crippen LogP contribution in [-0.2, 0) is 4.74 Å². The van der Waals surface area contributed by atoms with E-state index in [1.807, 2.05) is 35.5 Å². The molecule has 2 aliphatic rings. The summed E-state index contributed by atoms with van der Waals surface area (Å²) in [6.45, 7) is 0.459. The molecule has 0 unspecified atom stereocenters. The van der Waals surface area contributed by atoms with E-state index in [-0.39, 0.29) is 0 Å². The van der Waals surface area contributed by atoms with Crippen LogP contribution in [-0.4, -0.2) is 11.5 Å². The first-order chi connectivity index (χ1) is 5.88. The van der Waals surface area contributed by atoms with Crippen LogP contribution >= 0.6 is 0 Å². The summed E-state index contributed by atoms with van der Waals surface area (Å²) in [5, 5.41) is 0. The molecule has 0 amide bonds. The first kappa shape index (κ1) is 7.03. The first-order valence-corrected chi connectivity index (χ1v) is 3.78. The summed E-state index contributed by atoms with van der Waals surface area (Å²) in [6, 6.07) is 0. The lowest BCUT2D eigenvalue weighted by atomic mass is 10.2. The molecule has 0 aliphatic carbocycles. The Morgan fingerprint density at radius 3 is 3.17 bits per heavy atom. The summed E-state index contributed by atoms with van der Waals surface area (Å²) >= 11 is 0. The van der Waals surface area contributed by atoms with E-state index in [1.54, 1.807) is 6.26 Å². The van der Waals surface area contributed by atoms with Crippen LogP contribution < -0.4 is 5.73 Å². The summed E-state index contributed by atoms with van der Waals surface area (Å²) in [7, 11) is 0. The third kappa shape index (κ3) is 1.09. The molecular weight excluding hydrogens is 152 g/mol. The summed E-state index contributed by atoms with van der Waals surface area (Å²) in [6.07, 6.45) is 11.3. The van der Waals surface area contributed by atoms with Crippen molar-refractivity contribution in [2.45, 2.75) is 0 Å². The van der Waals surface area contributed by atoms with Crippen LogP contribution in [0.4, 0.5) is 0 Å². The van der Waals surface area contributed by atoms with E-state index in [1.165, 1.54) is 0 Å². The molecule has 3 heteroatoms. The fraction of sp³-hybridized carbons (Fsp3) is 0.111. The Balaban J connectivity index is 2.40. The monoisotopic (exact) mass is 162 g/mol. The average molecular weight is 162 g/mol. The van der Waals surface area contributed by atoms with E-state index in [9.17, 15) is 0 Å². The smallest absolute Gasteiger partial charge is 0.129 e. The summed E-state index contributed by atoms with van der Waals surface area (Å²) in [5.41, 5.74) is 7.52. The molecule has 3 nitrogen and oxygen atoms in total. The number of nitrogens with two attached hydrogens (primary N) is 1. The Bertz CT molecular complexity index is 300. The highest BCUT2D eigenvalue weighted by Gasteiger charge is 2.10. The number of rotatable bonds is 0. The molecule has 2 aliphatic heterocycles. The number of allylic oxidation sites excluding steroid dienone is 3. The maximum Gasteiger partial charge on any atom is 0.129 e. The summed E-state index contributed by atoms with van der Waals surface area (Å²) < 4.78 is 5.13. The molecule has 0 saturated heterocycles. The minimum atomic E-state index is 0.459. The van der Waals surface area contributed by atoms with Gasteiger partial charge in [-0.05, 0) is 12.2 Å². The largest absolute Gasteiger partial charge is 0.493 e. The second-order valence-corrected chi connectivity index (χ2v) is 2.61. The highest BCUT2D eigenvalue weighted by Crippen LogP contribution is 2.17. The Morgan fingerprint density at radius 1 is 1.33 bits per heavy atom. The number of nitrogens with zero attached hydrogens (tertiary/aromatic N) is 1. The maximum absolute atomic E-state index is 5.78. The van der Waals surface area contributed by atoms with Gasteiger partial charge in [-0.3, -0.25) is 0 Å². The Morgan fingerprint density at radius 2 is 2.25 bits per heavy atom. The van der Waals surface area contributed by atoms with Gasteiger partial charge in [-0.15, -0.1) is 0 Å². The third-order valence-corrected chi connectivity index (χ3v) is 1.78. The SMILES string of the molecule is NC1=C2C=CC=CN2C=COC1. The van der Waals surface area contributed by atoms with Crippen LogP contribution in [0.5, 0.6) is 0 Å². The van der Waals surface area contributed by atoms with Gasteiger partial charge in [-0.2, -0.15) is 0 Å². The second kappa shape index (κ2) is 2.77. The third-order valence-electron chi connectivity index (χ3n) is 1.78. The van der Waals surface area contributed by atoms with Gasteiger partial charge in [0.1, 0.15) is 12.9 Å². The summed E-state index contributed by atoms with van der Waals surface area (Å²) in [4.78, 5) is 1.93. The molecule has 0 saturated carbocycles. The molecule has 0 fully saturated rings. The van der Waals surface area contributed by atoms with Crippen molar-refractivity contribution in [3.63, 3.8) is 0 Å². The molecular formula is C9H10N2O. The van der Waals surface area contributed by atoms with E-state index < -0.39 is 0 Å². The number of hydrogen-bond acceptors (Lipinski definition) is 3. The first-order valence-electron chi connectivity index (χ1n) is 3.78. The lowest BCUT2D eigenvalue weighted by molar-refractivity contribution is 0.279. The molecule has 0 aromatic carbocycles.